The SMILES string of the molecule is O=C(C[C@H]1NC(=O)N(Cc2ccccc2)C1=O)N1CCN(C(=O)c2ccco2)CC1. The van der Waals surface area contributed by atoms with Crippen molar-refractivity contribution in [2.24, 2.45) is 0 Å². The first-order valence-electron chi connectivity index (χ1n) is 9.79. The number of nitrogens with one attached hydrogen (secondary N) is 1. The zero-order chi connectivity index (χ0) is 21.1. The topological polar surface area (TPSA) is 103 Å². The fourth-order valence-corrected chi connectivity index (χ4v) is 3.65. The molecular formula is C21H22N4O5. The molecule has 2 aliphatic heterocycles. The number of urea groups is 1. The van der Waals surface area contributed by atoms with Crippen LogP contribution in [-0.2, 0) is 16.1 Å². The summed E-state index contributed by atoms with van der Waals surface area (Å²) in [7, 11) is 0. The Morgan fingerprint density at radius 1 is 0.967 bits per heavy atom. The van der Waals surface area contributed by atoms with Gasteiger partial charge in [-0.3, -0.25) is 19.3 Å². The van der Waals surface area contributed by atoms with Crippen LogP contribution in [0.15, 0.2) is 53.1 Å². The molecule has 2 saturated heterocycles. The summed E-state index contributed by atoms with van der Waals surface area (Å²) in [6.45, 7) is 1.68. The van der Waals surface area contributed by atoms with Gasteiger partial charge in [-0.25, -0.2) is 4.79 Å². The Balaban J connectivity index is 1.29. The monoisotopic (exact) mass is 410 g/mol. The van der Waals surface area contributed by atoms with E-state index >= 15 is 0 Å². The second-order valence-electron chi connectivity index (χ2n) is 7.27. The summed E-state index contributed by atoms with van der Waals surface area (Å²) in [6, 6.07) is 11.1. The minimum absolute atomic E-state index is 0.0952. The molecule has 1 aromatic heterocycles. The van der Waals surface area contributed by atoms with Gasteiger partial charge in [0.2, 0.25) is 5.91 Å². The lowest BCUT2D eigenvalue weighted by molar-refractivity contribution is -0.136. The van der Waals surface area contributed by atoms with Gasteiger partial charge in [0.1, 0.15) is 6.04 Å². The molecule has 9 heteroatoms. The van der Waals surface area contributed by atoms with E-state index in [4.69, 9.17) is 4.42 Å². The molecule has 30 heavy (non-hydrogen) atoms. The molecule has 156 valence electrons. The molecule has 1 N–H and O–H groups in total. The van der Waals surface area contributed by atoms with Crippen LogP contribution in [0.4, 0.5) is 4.79 Å². The third kappa shape index (κ3) is 4.05. The third-order valence-corrected chi connectivity index (χ3v) is 5.32. The molecule has 2 aliphatic rings. The van der Waals surface area contributed by atoms with Crippen LogP contribution in [0.2, 0.25) is 0 Å². The maximum absolute atomic E-state index is 12.7. The highest BCUT2D eigenvalue weighted by atomic mass is 16.3. The van der Waals surface area contributed by atoms with Crippen LogP contribution in [-0.4, -0.2) is 70.7 Å². The fraction of sp³-hybridized carbons (Fsp3) is 0.333. The van der Waals surface area contributed by atoms with Crippen molar-refractivity contribution in [3.8, 4) is 0 Å². The molecule has 4 rings (SSSR count). The van der Waals surface area contributed by atoms with Crippen LogP contribution in [0.25, 0.3) is 0 Å². The zero-order valence-electron chi connectivity index (χ0n) is 16.3. The van der Waals surface area contributed by atoms with E-state index in [1.54, 1.807) is 21.9 Å². The molecular weight excluding hydrogens is 388 g/mol. The predicted molar refractivity (Wildman–Crippen MR) is 105 cm³/mol. The molecule has 0 spiro atoms. The molecule has 0 saturated carbocycles. The number of piperazine rings is 1. The Labute approximate surface area is 173 Å². The first-order valence-corrected chi connectivity index (χ1v) is 9.79. The van der Waals surface area contributed by atoms with E-state index in [1.807, 2.05) is 30.3 Å². The number of amides is 5. The van der Waals surface area contributed by atoms with Crippen LogP contribution < -0.4 is 5.32 Å². The average Bonchev–Trinajstić information content (AvgIpc) is 3.39. The average molecular weight is 410 g/mol. The van der Waals surface area contributed by atoms with Crippen LogP contribution in [0.1, 0.15) is 22.5 Å². The highest BCUT2D eigenvalue weighted by Gasteiger charge is 2.40. The number of benzene rings is 1. The lowest BCUT2D eigenvalue weighted by Crippen LogP contribution is -2.51. The van der Waals surface area contributed by atoms with Crippen LogP contribution >= 0.6 is 0 Å². The Bertz CT molecular complexity index is 936. The number of hydrogen-bond donors (Lipinski definition) is 1. The summed E-state index contributed by atoms with van der Waals surface area (Å²) in [5.41, 5.74) is 0.838. The van der Waals surface area contributed by atoms with E-state index in [0.717, 1.165) is 10.5 Å². The second kappa shape index (κ2) is 8.40. The Kier molecular flexibility index (Phi) is 5.51. The molecule has 1 atom stereocenters. The predicted octanol–water partition coefficient (Wildman–Crippen LogP) is 1.07. The molecule has 0 bridgehead atoms. The molecule has 0 aliphatic carbocycles. The van der Waals surface area contributed by atoms with Gasteiger partial charge in [0.05, 0.1) is 19.2 Å². The zero-order valence-corrected chi connectivity index (χ0v) is 16.3. The number of carbonyl (C=O) groups is 4. The number of rotatable bonds is 5. The minimum Gasteiger partial charge on any atom is -0.459 e. The molecule has 9 nitrogen and oxygen atoms in total. The van der Waals surface area contributed by atoms with Crippen molar-refractivity contribution in [1.29, 1.82) is 0 Å². The standard InChI is InChI=1S/C21H22N4O5/c26-18(23-8-10-24(11-9-23)20(28)17-7-4-12-30-17)13-16-19(27)25(21(29)22-16)14-15-5-2-1-3-6-15/h1-7,12,16H,8-11,13-14H2,(H,22,29)/t16-/m1/s1. The molecule has 2 fully saturated rings. The van der Waals surface area contributed by atoms with Gasteiger partial charge in [-0.15, -0.1) is 0 Å². The van der Waals surface area contributed by atoms with Gasteiger partial charge >= 0.3 is 6.03 Å². The summed E-state index contributed by atoms with van der Waals surface area (Å²) in [5, 5.41) is 2.60. The summed E-state index contributed by atoms with van der Waals surface area (Å²) in [5.74, 6) is -0.557. The number of imide groups is 1. The van der Waals surface area contributed by atoms with Gasteiger partial charge in [0, 0.05) is 26.2 Å². The van der Waals surface area contributed by atoms with E-state index in [-0.39, 0.29) is 30.5 Å². The lowest BCUT2D eigenvalue weighted by Gasteiger charge is -2.34. The highest BCUT2D eigenvalue weighted by molar-refractivity contribution is 6.05. The first-order chi connectivity index (χ1) is 14.5. The quantitative estimate of drug-likeness (QED) is 0.743. The molecule has 2 aromatic rings. The van der Waals surface area contributed by atoms with Crippen molar-refractivity contribution in [2.75, 3.05) is 26.2 Å². The smallest absolute Gasteiger partial charge is 0.325 e. The lowest BCUT2D eigenvalue weighted by atomic mass is 10.1. The summed E-state index contributed by atoms with van der Waals surface area (Å²) < 4.78 is 5.13. The maximum Gasteiger partial charge on any atom is 0.325 e. The largest absolute Gasteiger partial charge is 0.459 e. The molecule has 0 radical (unpaired) electrons. The minimum atomic E-state index is -0.864. The Hall–Kier alpha value is -3.62. The maximum atomic E-state index is 12.7. The number of furan rings is 1. The van der Waals surface area contributed by atoms with E-state index in [2.05, 4.69) is 5.32 Å². The highest BCUT2D eigenvalue weighted by Crippen LogP contribution is 2.16. The number of nitrogens with zero attached hydrogens (tertiary/aromatic N) is 3. The molecule has 0 unspecified atom stereocenters. The summed E-state index contributed by atoms with van der Waals surface area (Å²) >= 11 is 0. The van der Waals surface area contributed by atoms with Crippen molar-refractivity contribution in [2.45, 2.75) is 19.0 Å². The van der Waals surface area contributed by atoms with Crippen LogP contribution in [0, 0.1) is 0 Å². The Morgan fingerprint density at radius 3 is 2.33 bits per heavy atom. The molecule has 5 amide bonds. The van der Waals surface area contributed by atoms with Crippen molar-refractivity contribution in [3.05, 3.63) is 60.1 Å². The van der Waals surface area contributed by atoms with Gasteiger partial charge in [-0.1, -0.05) is 30.3 Å². The van der Waals surface area contributed by atoms with Gasteiger partial charge in [0.25, 0.3) is 11.8 Å². The van der Waals surface area contributed by atoms with Crippen molar-refractivity contribution in [1.82, 2.24) is 20.0 Å². The van der Waals surface area contributed by atoms with Crippen LogP contribution in [0.3, 0.4) is 0 Å². The second-order valence-corrected chi connectivity index (χ2v) is 7.27. The van der Waals surface area contributed by atoms with Gasteiger partial charge in [-0.2, -0.15) is 0 Å². The first kappa shape index (κ1) is 19.7. The third-order valence-electron chi connectivity index (χ3n) is 5.32. The van der Waals surface area contributed by atoms with E-state index in [0.29, 0.717) is 26.2 Å². The Morgan fingerprint density at radius 2 is 1.67 bits per heavy atom. The van der Waals surface area contributed by atoms with E-state index in [9.17, 15) is 19.2 Å². The molecule has 1 aromatic carbocycles. The van der Waals surface area contributed by atoms with E-state index in [1.165, 1.54) is 6.26 Å². The van der Waals surface area contributed by atoms with Gasteiger partial charge in [-0.05, 0) is 17.7 Å². The van der Waals surface area contributed by atoms with Crippen molar-refractivity contribution in [3.63, 3.8) is 0 Å². The van der Waals surface area contributed by atoms with Crippen molar-refractivity contribution >= 4 is 23.8 Å². The normalized spacial score (nSPS) is 19.2. The fourth-order valence-electron chi connectivity index (χ4n) is 3.65. The van der Waals surface area contributed by atoms with Crippen molar-refractivity contribution < 1.29 is 23.6 Å². The van der Waals surface area contributed by atoms with Crippen LogP contribution in [0.5, 0.6) is 0 Å². The summed E-state index contributed by atoms with van der Waals surface area (Å²) in [4.78, 5) is 54.2. The number of carbonyl (C=O) groups excluding carboxylic acids is 4. The van der Waals surface area contributed by atoms with E-state index < -0.39 is 18.0 Å². The number of hydrogen-bond acceptors (Lipinski definition) is 5. The van der Waals surface area contributed by atoms with Gasteiger partial charge < -0.3 is 19.5 Å². The molecule has 3 heterocycles. The summed E-state index contributed by atoms with van der Waals surface area (Å²) in [6.07, 6.45) is 1.35. The van der Waals surface area contributed by atoms with Gasteiger partial charge in [0.15, 0.2) is 5.76 Å².